The summed E-state index contributed by atoms with van der Waals surface area (Å²) in [5.74, 6) is 0.904. The lowest BCUT2D eigenvalue weighted by atomic mass is 10.1. The van der Waals surface area contributed by atoms with Crippen molar-refractivity contribution in [1.29, 1.82) is 0 Å². The molecule has 3 heteroatoms. The quantitative estimate of drug-likeness (QED) is 0.869. The van der Waals surface area contributed by atoms with Gasteiger partial charge in [-0.05, 0) is 49.7 Å². The van der Waals surface area contributed by atoms with Crippen LogP contribution in [0.15, 0.2) is 18.2 Å². The van der Waals surface area contributed by atoms with Gasteiger partial charge in [0.25, 0.3) is 0 Å². The van der Waals surface area contributed by atoms with Crippen molar-refractivity contribution in [2.45, 2.75) is 38.3 Å². The summed E-state index contributed by atoms with van der Waals surface area (Å²) < 4.78 is 5.28. The van der Waals surface area contributed by atoms with Gasteiger partial charge < -0.3 is 15.4 Å². The maximum absolute atomic E-state index is 6.39. The highest BCUT2D eigenvalue weighted by molar-refractivity contribution is 5.42. The summed E-state index contributed by atoms with van der Waals surface area (Å²) in [6.07, 6.45) is 3.52. The first-order valence-electron chi connectivity index (χ1n) is 6.80. The molecule has 100 valence electrons. The third-order valence-electron chi connectivity index (χ3n) is 3.99. The Labute approximate surface area is 110 Å². The van der Waals surface area contributed by atoms with Crippen LogP contribution in [-0.4, -0.2) is 31.6 Å². The average Bonchev–Trinajstić information content (AvgIpc) is 2.73. The minimum absolute atomic E-state index is 0.108. The van der Waals surface area contributed by atoms with Crippen LogP contribution in [0.1, 0.15) is 36.9 Å². The Morgan fingerprint density at radius 1 is 1.44 bits per heavy atom. The molecule has 0 bridgehead atoms. The van der Waals surface area contributed by atoms with Crippen molar-refractivity contribution in [1.82, 2.24) is 4.90 Å². The molecule has 0 saturated heterocycles. The molecule has 0 aromatic heterocycles. The van der Waals surface area contributed by atoms with Crippen LogP contribution in [0.3, 0.4) is 0 Å². The minimum atomic E-state index is 0.108. The third kappa shape index (κ3) is 2.52. The second-order valence-electron chi connectivity index (χ2n) is 5.20. The van der Waals surface area contributed by atoms with Crippen LogP contribution >= 0.6 is 0 Å². The van der Waals surface area contributed by atoms with Crippen LogP contribution in [0.4, 0.5) is 0 Å². The summed E-state index contributed by atoms with van der Waals surface area (Å²) >= 11 is 0. The maximum atomic E-state index is 6.39. The molecule has 1 aromatic rings. The molecule has 0 saturated carbocycles. The molecule has 18 heavy (non-hydrogen) atoms. The van der Waals surface area contributed by atoms with Crippen LogP contribution < -0.4 is 10.5 Å². The summed E-state index contributed by atoms with van der Waals surface area (Å²) in [4.78, 5) is 2.40. The largest absolute Gasteiger partial charge is 0.497 e. The topological polar surface area (TPSA) is 38.5 Å². The monoisotopic (exact) mass is 248 g/mol. The van der Waals surface area contributed by atoms with Crippen LogP contribution in [0.2, 0.25) is 0 Å². The Bertz CT molecular complexity index is 405. The summed E-state index contributed by atoms with van der Waals surface area (Å²) in [5, 5.41) is 0. The second-order valence-corrected chi connectivity index (χ2v) is 5.20. The minimum Gasteiger partial charge on any atom is -0.497 e. The van der Waals surface area contributed by atoms with Gasteiger partial charge in [-0.1, -0.05) is 19.4 Å². The van der Waals surface area contributed by atoms with Gasteiger partial charge in [0.1, 0.15) is 5.75 Å². The summed E-state index contributed by atoms with van der Waals surface area (Å²) in [7, 11) is 3.89. The number of hydrogen-bond donors (Lipinski definition) is 1. The van der Waals surface area contributed by atoms with Gasteiger partial charge in [0.05, 0.1) is 7.11 Å². The molecule has 0 heterocycles. The molecule has 0 fully saturated rings. The molecule has 3 nitrogen and oxygen atoms in total. The van der Waals surface area contributed by atoms with Crippen molar-refractivity contribution in [2.75, 3.05) is 20.7 Å². The fourth-order valence-corrected chi connectivity index (χ4v) is 2.76. The fourth-order valence-electron chi connectivity index (χ4n) is 2.76. The molecule has 0 aliphatic heterocycles. The highest BCUT2D eigenvalue weighted by Crippen LogP contribution is 2.34. The number of fused-ring (bicyclic) bond motifs is 1. The normalized spacial score (nSPS) is 22.3. The third-order valence-corrected chi connectivity index (χ3v) is 3.99. The van der Waals surface area contributed by atoms with E-state index in [1.807, 2.05) is 6.07 Å². The predicted octanol–water partition coefficient (Wildman–Crippen LogP) is 2.35. The first-order chi connectivity index (χ1) is 8.67. The van der Waals surface area contributed by atoms with Gasteiger partial charge >= 0.3 is 0 Å². The number of unbranched alkanes of at least 4 members (excludes halogenated alkanes) is 1. The van der Waals surface area contributed by atoms with Crippen LogP contribution in [0.5, 0.6) is 5.75 Å². The number of rotatable bonds is 5. The van der Waals surface area contributed by atoms with Gasteiger partial charge in [-0.3, -0.25) is 0 Å². The van der Waals surface area contributed by atoms with E-state index in [0.29, 0.717) is 6.04 Å². The number of ether oxygens (including phenoxy) is 1. The fraction of sp³-hybridized carbons (Fsp3) is 0.600. The highest BCUT2D eigenvalue weighted by Gasteiger charge is 2.32. The second kappa shape index (κ2) is 5.72. The van der Waals surface area contributed by atoms with Gasteiger partial charge in [0.2, 0.25) is 0 Å². The molecule has 2 N–H and O–H groups in total. The summed E-state index contributed by atoms with van der Waals surface area (Å²) in [5.41, 5.74) is 9.01. The molecule has 0 spiro atoms. The molecular formula is C15H24N2O. The molecule has 1 aliphatic rings. The average molecular weight is 248 g/mol. The van der Waals surface area contributed by atoms with Gasteiger partial charge in [-0.15, -0.1) is 0 Å². The number of likely N-dealkylation sites (N-methyl/N-ethyl adjacent to an activating group) is 1. The van der Waals surface area contributed by atoms with Crippen LogP contribution in [0, 0.1) is 0 Å². The number of benzene rings is 1. The maximum Gasteiger partial charge on any atom is 0.119 e. The van der Waals surface area contributed by atoms with E-state index in [9.17, 15) is 0 Å². The van der Waals surface area contributed by atoms with Gasteiger partial charge in [0, 0.05) is 12.1 Å². The molecule has 1 aromatic carbocycles. The Kier molecular flexibility index (Phi) is 4.25. The van der Waals surface area contributed by atoms with E-state index in [-0.39, 0.29) is 6.04 Å². The SMILES string of the molecule is CCCCN(C)C1Cc2ccc(OC)cc2C1N. The number of nitrogens with two attached hydrogens (primary N) is 1. The van der Waals surface area contributed by atoms with E-state index >= 15 is 0 Å². The van der Waals surface area contributed by atoms with Crippen molar-refractivity contribution in [3.8, 4) is 5.75 Å². The smallest absolute Gasteiger partial charge is 0.119 e. The lowest BCUT2D eigenvalue weighted by molar-refractivity contribution is 0.219. The Balaban J connectivity index is 2.12. The lowest BCUT2D eigenvalue weighted by Gasteiger charge is -2.27. The summed E-state index contributed by atoms with van der Waals surface area (Å²) in [6.45, 7) is 3.35. The molecule has 0 amide bonds. The van der Waals surface area contributed by atoms with E-state index in [0.717, 1.165) is 18.7 Å². The van der Waals surface area contributed by atoms with Crippen molar-refractivity contribution < 1.29 is 4.74 Å². The van der Waals surface area contributed by atoms with Crippen molar-refractivity contribution in [3.05, 3.63) is 29.3 Å². The standard InChI is InChI=1S/C15H24N2O/c1-4-5-8-17(2)14-9-11-6-7-12(18-3)10-13(11)15(14)16/h6-7,10,14-15H,4-5,8-9,16H2,1-3H3. The van der Waals surface area contributed by atoms with E-state index in [1.54, 1.807) is 7.11 Å². The van der Waals surface area contributed by atoms with Crippen molar-refractivity contribution >= 4 is 0 Å². The number of nitrogens with zero attached hydrogens (tertiary/aromatic N) is 1. The zero-order valence-corrected chi connectivity index (χ0v) is 11.6. The van der Waals surface area contributed by atoms with Crippen molar-refractivity contribution in [3.63, 3.8) is 0 Å². The molecule has 2 atom stereocenters. The van der Waals surface area contributed by atoms with E-state index in [2.05, 4.69) is 31.0 Å². The van der Waals surface area contributed by atoms with Gasteiger partial charge in [-0.2, -0.15) is 0 Å². The van der Waals surface area contributed by atoms with Gasteiger partial charge in [-0.25, -0.2) is 0 Å². The molecular weight excluding hydrogens is 224 g/mol. The van der Waals surface area contributed by atoms with Crippen molar-refractivity contribution in [2.24, 2.45) is 5.73 Å². The zero-order chi connectivity index (χ0) is 13.1. The van der Waals surface area contributed by atoms with Gasteiger partial charge in [0.15, 0.2) is 0 Å². The van der Waals surface area contributed by atoms with E-state index in [1.165, 1.54) is 24.0 Å². The van der Waals surface area contributed by atoms with E-state index in [4.69, 9.17) is 10.5 Å². The van der Waals surface area contributed by atoms with Crippen LogP contribution in [-0.2, 0) is 6.42 Å². The Morgan fingerprint density at radius 3 is 2.89 bits per heavy atom. The number of methoxy groups -OCH3 is 1. The molecule has 1 aliphatic carbocycles. The molecule has 0 radical (unpaired) electrons. The molecule has 2 rings (SSSR count). The summed E-state index contributed by atoms with van der Waals surface area (Å²) in [6, 6.07) is 6.81. The first-order valence-corrected chi connectivity index (χ1v) is 6.80. The van der Waals surface area contributed by atoms with E-state index < -0.39 is 0 Å². The lowest BCUT2D eigenvalue weighted by Crippen LogP contribution is -2.38. The highest BCUT2D eigenvalue weighted by atomic mass is 16.5. The zero-order valence-electron chi connectivity index (χ0n) is 11.6. The Morgan fingerprint density at radius 2 is 2.22 bits per heavy atom. The predicted molar refractivity (Wildman–Crippen MR) is 75.0 cm³/mol. The Hall–Kier alpha value is -1.06. The first kappa shape index (κ1) is 13.4. The van der Waals surface area contributed by atoms with Crippen LogP contribution in [0.25, 0.3) is 0 Å². The number of hydrogen-bond acceptors (Lipinski definition) is 3. The molecule has 2 unspecified atom stereocenters.